The molecule has 2 aromatic heterocycles. The molecule has 1 atom stereocenters. The van der Waals surface area contributed by atoms with Gasteiger partial charge in [-0.3, -0.25) is 9.89 Å². The van der Waals surface area contributed by atoms with Crippen molar-refractivity contribution in [1.29, 1.82) is 0 Å². The molecule has 1 saturated heterocycles. The molecule has 0 bridgehead atoms. The molecule has 0 aliphatic carbocycles. The fraction of sp³-hybridized carbons (Fsp3) is 0.294. The van der Waals surface area contributed by atoms with Crippen LogP contribution < -0.4 is 0 Å². The Bertz CT molecular complexity index is 811. The van der Waals surface area contributed by atoms with Gasteiger partial charge in [-0.15, -0.1) is 0 Å². The molecule has 1 amide bonds. The summed E-state index contributed by atoms with van der Waals surface area (Å²) in [5.41, 5.74) is 1.47. The Morgan fingerprint density at radius 2 is 2.08 bits per heavy atom. The first-order valence-electron chi connectivity index (χ1n) is 8.07. The third kappa shape index (κ3) is 2.68. The maximum atomic E-state index is 13.0. The van der Waals surface area contributed by atoms with E-state index in [2.05, 4.69) is 20.3 Å². The van der Waals surface area contributed by atoms with E-state index < -0.39 is 0 Å². The third-order valence-electron chi connectivity index (χ3n) is 4.39. The van der Waals surface area contributed by atoms with Crippen molar-refractivity contribution in [2.45, 2.75) is 18.8 Å². The number of hydrogen-bond donors (Lipinski definition) is 1. The second-order valence-electron chi connectivity index (χ2n) is 5.92. The second-order valence-corrected chi connectivity index (χ2v) is 5.92. The van der Waals surface area contributed by atoms with Crippen molar-refractivity contribution in [2.24, 2.45) is 0 Å². The van der Waals surface area contributed by atoms with Crippen LogP contribution in [0.1, 0.15) is 35.1 Å². The first-order chi connectivity index (χ1) is 11.8. The number of nitrogens with zero attached hydrogens (tertiary/aromatic N) is 5. The van der Waals surface area contributed by atoms with Crippen LogP contribution in [0.5, 0.6) is 0 Å². The fourth-order valence-corrected chi connectivity index (χ4v) is 3.20. The van der Waals surface area contributed by atoms with Crippen LogP contribution in [0, 0.1) is 0 Å². The van der Waals surface area contributed by atoms with Gasteiger partial charge >= 0.3 is 0 Å². The zero-order chi connectivity index (χ0) is 16.4. The Labute approximate surface area is 139 Å². The van der Waals surface area contributed by atoms with Gasteiger partial charge in [-0.05, 0) is 31.0 Å². The van der Waals surface area contributed by atoms with Gasteiger partial charge in [0.05, 0.1) is 11.9 Å². The van der Waals surface area contributed by atoms with Crippen molar-refractivity contribution >= 4 is 5.91 Å². The summed E-state index contributed by atoms with van der Waals surface area (Å²) in [7, 11) is 0. The minimum Gasteiger partial charge on any atom is -0.337 e. The van der Waals surface area contributed by atoms with E-state index in [0.29, 0.717) is 12.2 Å². The Hall–Kier alpha value is -2.96. The van der Waals surface area contributed by atoms with Gasteiger partial charge in [0, 0.05) is 19.0 Å². The zero-order valence-corrected chi connectivity index (χ0v) is 13.2. The summed E-state index contributed by atoms with van der Waals surface area (Å²) in [6, 6.07) is 11.5. The summed E-state index contributed by atoms with van der Waals surface area (Å²) in [6.45, 7) is 1.40. The van der Waals surface area contributed by atoms with Crippen LogP contribution >= 0.6 is 0 Å². The number of carbonyl (C=O) groups is 1. The standard InChI is InChI=1S/C17H18N6O/c24-17(15-8-9-20-23(15)14-6-2-1-3-7-14)22-10-4-5-13(11-22)16-18-12-19-21-16/h1-3,6-9,12-13H,4-5,10-11H2,(H,18,19,21). The van der Waals surface area contributed by atoms with Crippen molar-refractivity contribution < 1.29 is 4.79 Å². The van der Waals surface area contributed by atoms with E-state index in [-0.39, 0.29) is 11.8 Å². The van der Waals surface area contributed by atoms with Gasteiger partial charge in [-0.25, -0.2) is 9.67 Å². The van der Waals surface area contributed by atoms with E-state index in [9.17, 15) is 4.79 Å². The number of amides is 1. The molecule has 4 rings (SSSR count). The number of aromatic nitrogens is 5. The smallest absolute Gasteiger partial charge is 0.272 e. The molecular weight excluding hydrogens is 304 g/mol. The monoisotopic (exact) mass is 322 g/mol. The Kier molecular flexibility index (Phi) is 3.82. The number of benzene rings is 1. The van der Waals surface area contributed by atoms with Crippen molar-refractivity contribution in [1.82, 2.24) is 29.9 Å². The summed E-state index contributed by atoms with van der Waals surface area (Å²) >= 11 is 0. The number of likely N-dealkylation sites (tertiary alicyclic amines) is 1. The van der Waals surface area contributed by atoms with E-state index >= 15 is 0 Å². The van der Waals surface area contributed by atoms with Gasteiger partial charge < -0.3 is 4.90 Å². The molecule has 3 heterocycles. The lowest BCUT2D eigenvalue weighted by atomic mass is 9.97. The molecule has 7 nitrogen and oxygen atoms in total. The first kappa shape index (κ1) is 14.6. The average molecular weight is 322 g/mol. The molecule has 1 N–H and O–H groups in total. The fourth-order valence-electron chi connectivity index (χ4n) is 3.20. The largest absolute Gasteiger partial charge is 0.337 e. The van der Waals surface area contributed by atoms with Gasteiger partial charge in [0.2, 0.25) is 0 Å². The van der Waals surface area contributed by atoms with Gasteiger partial charge in [-0.2, -0.15) is 10.2 Å². The quantitative estimate of drug-likeness (QED) is 0.800. The average Bonchev–Trinajstić information content (AvgIpc) is 3.34. The lowest BCUT2D eigenvalue weighted by Crippen LogP contribution is -2.40. The number of carbonyl (C=O) groups excluding carboxylic acids is 1. The number of nitrogens with one attached hydrogen (secondary N) is 1. The molecule has 7 heteroatoms. The lowest BCUT2D eigenvalue weighted by Gasteiger charge is -2.31. The highest BCUT2D eigenvalue weighted by atomic mass is 16.2. The summed E-state index contributed by atoms with van der Waals surface area (Å²) in [5, 5.41) is 11.2. The molecule has 0 radical (unpaired) electrons. The van der Waals surface area contributed by atoms with Crippen molar-refractivity contribution in [3.8, 4) is 5.69 Å². The molecule has 1 fully saturated rings. The van der Waals surface area contributed by atoms with Crippen LogP contribution in [0.3, 0.4) is 0 Å². The van der Waals surface area contributed by atoms with Gasteiger partial charge in [-0.1, -0.05) is 18.2 Å². The number of H-pyrrole nitrogens is 1. The van der Waals surface area contributed by atoms with Crippen molar-refractivity contribution in [2.75, 3.05) is 13.1 Å². The van der Waals surface area contributed by atoms with Crippen LogP contribution in [0.2, 0.25) is 0 Å². The minimum absolute atomic E-state index is 0.000526. The van der Waals surface area contributed by atoms with Gasteiger partial charge in [0.15, 0.2) is 0 Å². The molecule has 1 aliphatic rings. The summed E-state index contributed by atoms with van der Waals surface area (Å²) in [4.78, 5) is 19.1. The summed E-state index contributed by atoms with van der Waals surface area (Å²) < 4.78 is 1.69. The van der Waals surface area contributed by atoms with E-state index in [1.807, 2.05) is 35.2 Å². The topological polar surface area (TPSA) is 79.7 Å². The van der Waals surface area contributed by atoms with Gasteiger partial charge in [0.25, 0.3) is 5.91 Å². The molecule has 122 valence electrons. The Morgan fingerprint density at radius 3 is 2.88 bits per heavy atom. The van der Waals surface area contributed by atoms with E-state index in [0.717, 1.165) is 30.9 Å². The normalized spacial score (nSPS) is 17.8. The molecule has 0 spiro atoms. The van der Waals surface area contributed by atoms with Gasteiger partial charge in [0.1, 0.15) is 17.8 Å². The first-order valence-corrected chi connectivity index (χ1v) is 8.07. The van der Waals surface area contributed by atoms with Crippen LogP contribution in [0.25, 0.3) is 5.69 Å². The SMILES string of the molecule is O=C(c1ccnn1-c1ccccc1)N1CCCC(c2ncn[nH]2)C1. The molecule has 1 aliphatic heterocycles. The van der Waals surface area contributed by atoms with E-state index in [1.54, 1.807) is 16.9 Å². The van der Waals surface area contributed by atoms with Crippen LogP contribution in [0.15, 0.2) is 48.9 Å². The van der Waals surface area contributed by atoms with Crippen LogP contribution in [0.4, 0.5) is 0 Å². The highest BCUT2D eigenvalue weighted by molar-refractivity contribution is 5.93. The third-order valence-corrected chi connectivity index (χ3v) is 4.39. The lowest BCUT2D eigenvalue weighted by molar-refractivity contribution is 0.0695. The summed E-state index contributed by atoms with van der Waals surface area (Å²) in [6.07, 6.45) is 5.15. The molecule has 1 aromatic carbocycles. The Balaban J connectivity index is 1.57. The maximum absolute atomic E-state index is 13.0. The highest BCUT2D eigenvalue weighted by Crippen LogP contribution is 2.25. The minimum atomic E-state index is 0.000526. The number of aromatic amines is 1. The molecule has 1 unspecified atom stereocenters. The molecule has 0 saturated carbocycles. The van der Waals surface area contributed by atoms with E-state index in [1.165, 1.54) is 6.33 Å². The Morgan fingerprint density at radius 1 is 1.21 bits per heavy atom. The van der Waals surface area contributed by atoms with E-state index in [4.69, 9.17) is 0 Å². The highest BCUT2D eigenvalue weighted by Gasteiger charge is 2.28. The zero-order valence-electron chi connectivity index (χ0n) is 13.2. The number of hydrogen-bond acceptors (Lipinski definition) is 4. The number of rotatable bonds is 3. The molecule has 24 heavy (non-hydrogen) atoms. The predicted octanol–water partition coefficient (Wildman–Crippen LogP) is 2.01. The maximum Gasteiger partial charge on any atom is 0.272 e. The van der Waals surface area contributed by atoms with Crippen LogP contribution in [-0.2, 0) is 0 Å². The molecular formula is C17H18N6O. The predicted molar refractivity (Wildman–Crippen MR) is 87.8 cm³/mol. The number of piperidine rings is 1. The summed E-state index contributed by atoms with van der Waals surface area (Å²) in [5.74, 6) is 1.06. The van der Waals surface area contributed by atoms with Crippen molar-refractivity contribution in [3.05, 3.63) is 60.4 Å². The number of para-hydroxylation sites is 1. The molecule has 3 aromatic rings. The van der Waals surface area contributed by atoms with Crippen LogP contribution in [-0.4, -0.2) is 48.9 Å². The second kappa shape index (κ2) is 6.27. The van der Waals surface area contributed by atoms with Crippen molar-refractivity contribution in [3.63, 3.8) is 0 Å².